The van der Waals surface area contributed by atoms with Gasteiger partial charge in [0.1, 0.15) is 5.01 Å². The van der Waals surface area contributed by atoms with Crippen LogP contribution in [0.25, 0.3) is 0 Å². The van der Waals surface area contributed by atoms with Crippen LogP contribution in [0.3, 0.4) is 0 Å². The molecule has 5 heteroatoms. The number of thiazole rings is 1. The quantitative estimate of drug-likeness (QED) is 0.797. The summed E-state index contributed by atoms with van der Waals surface area (Å²) in [5.41, 5.74) is -1.39. The molecule has 2 rings (SSSR count). The topological polar surface area (TPSA) is 50.2 Å². The molecule has 13 heavy (non-hydrogen) atoms. The predicted octanol–water partition coefficient (Wildman–Crippen LogP) is 2.19. The Balaban J connectivity index is 2.27. The molecule has 1 heterocycles. The third-order valence-corrected chi connectivity index (χ3v) is 3.27. The van der Waals surface area contributed by atoms with Gasteiger partial charge in [-0.3, -0.25) is 0 Å². The van der Waals surface area contributed by atoms with Crippen molar-refractivity contribution < 1.29 is 14.3 Å². The molecule has 70 valence electrons. The number of aromatic nitrogens is 1. The Kier molecular flexibility index (Phi) is 1.83. The molecular weight excluding hydrogens is 193 g/mol. The van der Waals surface area contributed by atoms with E-state index in [4.69, 9.17) is 5.11 Å². The van der Waals surface area contributed by atoms with Crippen LogP contribution in [-0.4, -0.2) is 16.1 Å². The first-order chi connectivity index (χ1) is 6.12. The van der Waals surface area contributed by atoms with E-state index in [0.717, 1.165) is 17.8 Å². The molecule has 0 saturated heterocycles. The van der Waals surface area contributed by atoms with Crippen molar-refractivity contribution in [3.63, 3.8) is 0 Å². The van der Waals surface area contributed by atoms with Gasteiger partial charge in [0.05, 0.1) is 0 Å². The smallest absolute Gasteiger partial charge is 0.355 e. The van der Waals surface area contributed by atoms with Crippen LogP contribution in [0.5, 0.6) is 0 Å². The number of carbonyl (C=O) groups is 1. The van der Waals surface area contributed by atoms with E-state index in [0.29, 0.717) is 17.8 Å². The van der Waals surface area contributed by atoms with Crippen molar-refractivity contribution in [3.05, 3.63) is 16.1 Å². The lowest BCUT2D eigenvalue weighted by Gasteiger charge is -2.31. The van der Waals surface area contributed by atoms with E-state index in [2.05, 4.69) is 4.98 Å². The van der Waals surface area contributed by atoms with E-state index >= 15 is 0 Å². The average molecular weight is 201 g/mol. The molecule has 0 aromatic carbocycles. The summed E-state index contributed by atoms with van der Waals surface area (Å²) in [5.74, 6) is -1.09. The summed E-state index contributed by atoms with van der Waals surface area (Å²) in [7, 11) is 0. The number of hydrogen-bond acceptors (Lipinski definition) is 3. The maximum atomic E-state index is 13.7. The van der Waals surface area contributed by atoms with E-state index in [1.165, 1.54) is 5.38 Å². The van der Waals surface area contributed by atoms with Crippen molar-refractivity contribution in [1.29, 1.82) is 0 Å². The minimum Gasteiger partial charge on any atom is -0.476 e. The lowest BCUT2D eigenvalue weighted by molar-refractivity contribution is 0.0595. The fourth-order valence-corrected chi connectivity index (χ4v) is 2.22. The van der Waals surface area contributed by atoms with E-state index in [9.17, 15) is 9.18 Å². The zero-order valence-electron chi connectivity index (χ0n) is 6.79. The highest BCUT2D eigenvalue weighted by atomic mass is 32.1. The molecule has 0 amide bonds. The molecule has 1 aliphatic carbocycles. The molecule has 1 aliphatic rings. The summed E-state index contributed by atoms with van der Waals surface area (Å²) >= 11 is 1.09. The maximum Gasteiger partial charge on any atom is 0.355 e. The third-order valence-electron chi connectivity index (χ3n) is 2.25. The van der Waals surface area contributed by atoms with Gasteiger partial charge in [-0.2, -0.15) is 0 Å². The largest absolute Gasteiger partial charge is 0.476 e. The van der Waals surface area contributed by atoms with Crippen LogP contribution in [0.4, 0.5) is 4.39 Å². The van der Waals surface area contributed by atoms with Crippen LogP contribution in [0.2, 0.25) is 0 Å². The maximum absolute atomic E-state index is 13.7. The molecular formula is C8H8FNO2S. The van der Waals surface area contributed by atoms with Crippen molar-refractivity contribution in [3.8, 4) is 0 Å². The zero-order valence-corrected chi connectivity index (χ0v) is 7.60. The zero-order chi connectivity index (χ0) is 9.47. The molecule has 1 aromatic rings. The molecule has 1 N–H and O–H groups in total. The fourth-order valence-electron chi connectivity index (χ4n) is 1.28. The number of aromatic carboxylic acids is 1. The Hall–Kier alpha value is -0.970. The summed E-state index contributed by atoms with van der Waals surface area (Å²) in [6.45, 7) is 0. The molecule has 0 atom stereocenters. The van der Waals surface area contributed by atoms with Crippen LogP contribution >= 0.6 is 11.3 Å². The van der Waals surface area contributed by atoms with Crippen molar-refractivity contribution in [1.82, 2.24) is 4.98 Å². The number of halogens is 1. The summed E-state index contributed by atoms with van der Waals surface area (Å²) in [6, 6.07) is 0. The van der Waals surface area contributed by atoms with E-state index in [1.54, 1.807) is 0 Å². The van der Waals surface area contributed by atoms with Crippen LogP contribution in [0, 0.1) is 0 Å². The van der Waals surface area contributed by atoms with Gasteiger partial charge in [0.2, 0.25) is 0 Å². The van der Waals surface area contributed by atoms with Crippen LogP contribution in [-0.2, 0) is 5.67 Å². The number of hydrogen-bond donors (Lipinski definition) is 1. The SMILES string of the molecule is O=C(O)c1csc(C2(F)CCC2)n1. The Morgan fingerprint density at radius 3 is 2.77 bits per heavy atom. The number of carboxylic acids is 1. The molecule has 0 radical (unpaired) electrons. The molecule has 0 unspecified atom stereocenters. The van der Waals surface area contributed by atoms with Crippen molar-refractivity contribution in [2.75, 3.05) is 0 Å². The minimum atomic E-state index is -1.33. The van der Waals surface area contributed by atoms with E-state index in [-0.39, 0.29) is 5.69 Å². The Morgan fingerprint density at radius 1 is 1.69 bits per heavy atom. The number of nitrogens with zero attached hydrogens (tertiary/aromatic N) is 1. The summed E-state index contributed by atoms with van der Waals surface area (Å²) in [6.07, 6.45) is 1.80. The third kappa shape index (κ3) is 1.33. The van der Waals surface area contributed by atoms with E-state index < -0.39 is 11.6 Å². The van der Waals surface area contributed by atoms with Crippen LogP contribution in [0.15, 0.2) is 5.38 Å². The van der Waals surface area contributed by atoms with Gasteiger partial charge in [0, 0.05) is 5.38 Å². The van der Waals surface area contributed by atoms with Crippen molar-refractivity contribution in [2.45, 2.75) is 24.9 Å². The van der Waals surface area contributed by atoms with Gasteiger partial charge in [0.25, 0.3) is 0 Å². The summed E-state index contributed by atoms with van der Waals surface area (Å²) < 4.78 is 13.7. The molecule has 0 bridgehead atoms. The van der Waals surface area contributed by atoms with Crippen molar-refractivity contribution >= 4 is 17.3 Å². The van der Waals surface area contributed by atoms with Crippen LogP contribution < -0.4 is 0 Å². The predicted molar refractivity (Wildman–Crippen MR) is 45.7 cm³/mol. The van der Waals surface area contributed by atoms with Gasteiger partial charge in [-0.05, 0) is 19.3 Å². The van der Waals surface area contributed by atoms with Crippen LogP contribution in [0.1, 0.15) is 34.8 Å². The van der Waals surface area contributed by atoms with Gasteiger partial charge in [-0.25, -0.2) is 14.2 Å². The fraction of sp³-hybridized carbons (Fsp3) is 0.500. The molecule has 3 nitrogen and oxygen atoms in total. The number of carboxylic acid groups (broad SMARTS) is 1. The van der Waals surface area contributed by atoms with Gasteiger partial charge >= 0.3 is 5.97 Å². The normalized spacial score (nSPS) is 19.5. The summed E-state index contributed by atoms with van der Waals surface area (Å²) in [5, 5.41) is 10.3. The minimum absolute atomic E-state index is 0.0519. The highest BCUT2D eigenvalue weighted by molar-refractivity contribution is 7.10. The molecule has 1 saturated carbocycles. The first-order valence-corrected chi connectivity index (χ1v) is 4.88. The number of rotatable bonds is 2. The van der Waals surface area contributed by atoms with Crippen molar-refractivity contribution in [2.24, 2.45) is 0 Å². The molecule has 0 spiro atoms. The second-order valence-corrected chi connectivity index (χ2v) is 4.02. The van der Waals surface area contributed by atoms with Gasteiger partial charge < -0.3 is 5.11 Å². The van der Waals surface area contributed by atoms with Gasteiger partial charge in [0.15, 0.2) is 11.4 Å². The highest BCUT2D eigenvalue weighted by Gasteiger charge is 2.41. The lowest BCUT2D eigenvalue weighted by Crippen LogP contribution is -2.28. The first-order valence-electron chi connectivity index (χ1n) is 4.00. The molecule has 1 fully saturated rings. The Bertz CT molecular complexity index is 346. The first kappa shape index (κ1) is 8.62. The Labute approximate surface area is 78.2 Å². The monoisotopic (exact) mass is 201 g/mol. The Morgan fingerprint density at radius 2 is 2.38 bits per heavy atom. The number of alkyl halides is 1. The molecule has 0 aliphatic heterocycles. The van der Waals surface area contributed by atoms with Gasteiger partial charge in [-0.15, -0.1) is 11.3 Å². The van der Waals surface area contributed by atoms with E-state index in [1.807, 2.05) is 0 Å². The average Bonchev–Trinajstić information content (AvgIpc) is 2.48. The lowest BCUT2D eigenvalue weighted by atomic mass is 9.83. The standard InChI is InChI=1S/C8H8FNO2S/c9-8(2-1-3-8)7-10-5(4-13-7)6(11)12/h4H,1-3H2,(H,11,12). The summed E-state index contributed by atoms with van der Waals surface area (Å²) in [4.78, 5) is 14.2. The second kappa shape index (κ2) is 2.77. The highest BCUT2D eigenvalue weighted by Crippen LogP contribution is 2.45. The van der Waals surface area contributed by atoms with Gasteiger partial charge in [-0.1, -0.05) is 0 Å². The molecule has 1 aromatic heterocycles. The second-order valence-electron chi connectivity index (χ2n) is 3.16.